The number of rotatable bonds is 6. The molecule has 2 aromatic carbocycles. The zero-order valence-corrected chi connectivity index (χ0v) is 20.3. The second-order valence-corrected chi connectivity index (χ2v) is 9.51. The van der Waals surface area contributed by atoms with Crippen LogP contribution in [0.25, 0.3) is 17.4 Å². The van der Waals surface area contributed by atoms with Gasteiger partial charge in [-0.15, -0.1) is 11.8 Å². The van der Waals surface area contributed by atoms with Gasteiger partial charge in [-0.25, -0.2) is 0 Å². The molecule has 6 nitrogen and oxygen atoms in total. The van der Waals surface area contributed by atoms with Crippen molar-refractivity contribution in [3.8, 4) is 11.3 Å². The lowest BCUT2D eigenvalue weighted by Gasteiger charge is -2.12. The Kier molecular flexibility index (Phi) is 7.19. The maximum atomic E-state index is 12.7. The monoisotopic (exact) mass is 518 g/mol. The summed E-state index contributed by atoms with van der Waals surface area (Å²) >= 11 is 14.6. The first-order valence-electron chi connectivity index (χ1n) is 9.59. The Morgan fingerprint density at radius 3 is 2.73 bits per heavy atom. The van der Waals surface area contributed by atoms with Crippen LogP contribution in [0.1, 0.15) is 5.76 Å². The van der Waals surface area contributed by atoms with Crippen molar-refractivity contribution < 1.29 is 18.8 Å². The number of imide groups is 1. The molecule has 0 radical (unpaired) electrons. The number of amides is 3. The minimum absolute atomic E-state index is 0.162. The van der Waals surface area contributed by atoms with Crippen molar-refractivity contribution in [2.45, 2.75) is 4.90 Å². The number of furan rings is 1. The highest BCUT2D eigenvalue weighted by Crippen LogP contribution is 2.36. The predicted octanol–water partition coefficient (Wildman–Crippen LogP) is 6.65. The number of halogens is 2. The van der Waals surface area contributed by atoms with E-state index in [1.54, 1.807) is 48.2 Å². The van der Waals surface area contributed by atoms with Gasteiger partial charge in [0, 0.05) is 22.2 Å². The first-order chi connectivity index (χ1) is 15.9. The van der Waals surface area contributed by atoms with E-state index in [9.17, 15) is 14.4 Å². The molecular weight excluding hydrogens is 503 g/mol. The third kappa shape index (κ3) is 5.30. The molecule has 0 bridgehead atoms. The summed E-state index contributed by atoms with van der Waals surface area (Å²) in [6.45, 7) is -0.382. The molecule has 168 valence electrons. The van der Waals surface area contributed by atoms with E-state index in [4.69, 9.17) is 27.6 Å². The summed E-state index contributed by atoms with van der Waals surface area (Å²) in [5.41, 5.74) is 1.20. The van der Waals surface area contributed by atoms with Crippen LogP contribution in [0.4, 0.5) is 10.5 Å². The molecule has 0 saturated carbocycles. The van der Waals surface area contributed by atoms with Crippen LogP contribution in [0.3, 0.4) is 0 Å². The maximum absolute atomic E-state index is 12.7. The zero-order valence-electron chi connectivity index (χ0n) is 17.1. The van der Waals surface area contributed by atoms with Crippen LogP contribution >= 0.6 is 46.7 Å². The highest BCUT2D eigenvalue weighted by molar-refractivity contribution is 8.18. The molecule has 0 aliphatic carbocycles. The molecule has 1 aliphatic heterocycles. The molecule has 0 unspecified atom stereocenters. The van der Waals surface area contributed by atoms with Gasteiger partial charge < -0.3 is 9.73 Å². The maximum Gasteiger partial charge on any atom is 0.294 e. The number of thioether (sulfide) groups is 2. The molecular formula is C23H16Cl2N2O4S2. The quantitative estimate of drug-likeness (QED) is 0.290. The molecule has 1 N–H and O–H groups in total. The van der Waals surface area contributed by atoms with E-state index in [0.29, 0.717) is 32.8 Å². The van der Waals surface area contributed by atoms with Crippen molar-refractivity contribution in [3.63, 3.8) is 0 Å². The largest absolute Gasteiger partial charge is 0.457 e. The lowest BCUT2D eigenvalue weighted by Crippen LogP contribution is -2.36. The van der Waals surface area contributed by atoms with E-state index in [-0.39, 0.29) is 11.4 Å². The third-order valence-corrected chi connectivity index (χ3v) is 7.10. The Morgan fingerprint density at radius 2 is 1.94 bits per heavy atom. The van der Waals surface area contributed by atoms with Gasteiger partial charge in [0.1, 0.15) is 18.1 Å². The molecule has 1 aliphatic rings. The lowest BCUT2D eigenvalue weighted by atomic mass is 10.2. The predicted molar refractivity (Wildman–Crippen MR) is 134 cm³/mol. The zero-order chi connectivity index (χ0) is 23.5. The molecule has 10 heteroatoms. The highest BCUT2D eigenvalue weighted by atomic mass is 35.5. The van der Waals surface area contributed by atoms with Gasteiger partial charge in [0.25, 0.3) is 11.1 Å². The Morgan fingerprint density at radius 1 is 1.15 bits per heavy atom. The molecule has 1 aromatic heterocycles. The summed E-state index contributed by atoms with van der Waals surface area (Å²) in [7, 11) is 0. The molecule has 0 atom stereocenters. The first-order valence-corrected chi connectivity index (χ1v) is 12.4. The summed E-state index contributed by atoms with van der Waals surface area (Å²) < 4.78 is 5.77. The summed E-state index contributed by atoms with van der Waals surface area (Å²) in [6, 6.07) is 15.8. The van der Waals surface area contributed by atoms with Gasteiger partial charge in [0.05, 0.1) is 15.0 Å². The first kappa shape index (κ1) is 23.5. The van der Waals surface area contributed by atoms with Crippen molar-refractivity contribution in [1.29, 1.82) is 0 Å². The number of hydrogen-bond donors (Lipinski definition) is 1. The van der Waals surface area contributed by atoms with Crippen LogP contribution in [-0.4, -0.2) is 34.8 Å². The summed E-state index contributed by atoms with van der Waals surface area (Å²) in [5, 5.41) is 2.94. The molecule has 2 heterocycles. The van der Waals surface area contributed by atoms with E-state index in [1.165, 1.54) is 6.08 Å². The van der Waals surface area contributed by atoms with Crippen molar-refractivity contribution >= 4 is 75.5 Å². The molecule has 3 aromatic rings. The van der Waals surface area contributed by atoms with Gasteiger partial charge in [-0.1, -0.05) is 35.3 Å². The standard InChI is InChI=1S/C23H16Cl2N2O4S2/c1-32-15-5-2-4-13(10-15)26-20(28)12-27-22(29)19(33-23(27)30)11-14-8-9-18(31-14)16-6-3-7-17(24)21(16)25/h2-11H,12H2,1H3,(H,26,28)/b19-11+. The normalized spacial score (nSPS) is 14.9. The number of carbonyl (C=O) groups excluding carboxylic acids is 3. The van der Waals surface area contributed by atoms with Crippen molar-refractivity contribution in [2.75, 3.05) is 18.1 Å². The van der Waals surface area contributed by atoms with Crippen LogP contribution in [0.2, 0.25) is 10.0 Å². The smallest absolute Gasteiger partial charge is 0.294 e. The molecule has 4 rings (SSSR count). The van der Waals surface area contributed by atoms with E-state index in [2.05, 4.69) is 5.32 Å². The SMILES string of the molecule is CSc1cccc(NC(=O)CN2C(=O)S/C(=C/c3ccc(-c4cccc(Cl)c4Cl)o3)C2=O)c1. The van der Waals surface area contributed by atoms with Crippen LogP contribution in [0.5, 0.6) is 0 Å². The number of nitrogens with one attached hydrogen (secondary N) is 1. The van der Waals surface area contributed by atoms with Gasteiger partial charge in [-0.05, 0) is 60.5 Å². The number of carbonyl (C=O) groups is 3. The Labute approximate surface area is 208 Å². The molecule has 1 fully saturated rings. The van der Waals surface area contributed by atoms with Gasteiger partial charge in [0.15, 0.2) is 0 Å². The molecule has 0 spiro atoms. The van der Waals surface area contributed by atoms with Gasteiger partial charge >= 0.3 is 0 Å². The Bertz CT molecular complexity index is 1290. The minimum Gasteiger partial charge on any atom is -0.457 e. The number of anilines is 1. The lowest BCUT2D eigenvalue weighted by molar-refractivity contribution is -0.127. The average Bonchev–Trinajstić information content (AvgIpc) is 3.36. The Balaban J connectivity index is 1.46. The fraction of sp³-hybridized carbons (Fsp3) is 0.0870. The second kappa shape index (κ2) is 10.1. The number of hydrogen-bond acceptors (Lipinski definition) is 6. The van der Waals surface area contributed by atoms with Crippen molar-refractivity contribution in [1.82, 2.24) is 4.90 Å². The average molecular weight is 519 g/mol. The third-order valence-electron chi connectivity index (χ3n) is 4.65. The Hall–Kier alpha value is -2.65. The van der Waals surface area contributed by atoms with E-state index in [0.717, 1.165) is 21.6 Å². The van der Waals surface area contributed by atoms with Crippen LogP contribution < -0.4 is 5.32 Å². The summed E-state index contributed by atoms with van der Waals surface area (Å²) in [4.78, 5) is 39.6. The summed E-state index contributed by atoms with van der Waals surface area (Å²) in [5.74, 6) is -0.186. The number of nitrogens with zero attached hydrogens (tertiary/aromatic N) is 1. The van der Waals surface area contributed by atoms with Crippen LogP contribution in [-0.2, 0) is 9.59 Å². The van der Waals surface area contributed by atoms with Crippen molar-refractivity contribution in [3.05, 3.63) is 75.3 Å². The highest BCUT2D eigenvalue weighted by Gasteiger charge is 2.36. The van der Waals surface area contributed by atoms with E-state index < -0.39 is 17.1 Å². The fourth-order valence-corrected chi connectivity index (χ4v) is 4.75. The molecule has 3 amide bonds. The van der Waals surface area contributed by atoms with Crippen LogP contribution in [0, 0.1) is 0 Å². The number of benzene rings is 2. The van der Waals surface area contributed by atoms with Crippen molar-refractivity contribution in [2.24, 2.45) is 0 Å². The van der Waals surface area contributed by atoms with E-state index in [1.807, 2.05) is 24.5 Å². The fourth-order valence-electron chi connectivity index (χ4n) is 3.08. The van der Waals surface area contributed by atoms with Gasteiger partial charge in [0.2, 0.25) is 5.91 Å². The van der Waals surface area contributed by atoms with Crippen LogP contribution in [0.15, 0.2) is 68.8 Å². The summed E-state index contributed by atoms with van der Waals surface area (Å²) in [6.07, 6.45) is 3.39. The molecule has 1 saturated heterocycles. The topological polar surface area (TPSA) is 79.6 Å². The second-order valence-electron chi connectivity index (χ2n) is 6.85. The van der Waals surface area contributed by atoms with Gasteiger partial charge in [-0.3, -0.25) is 19.3 Å². The van der Waals surface area contributed by atoms with E-state index >= 15 is 0 Å². The van der Waals surface area contributed by atoms with Gasteiger partial charge in [-0.2, -0.15) is 0 Å². The molecule has 33 heavy (non-hydrogen) atoms. The minimum atomic E-state index is -0.559.